The van der Waals surface area contributed by atoms with Crippen LogP contribution in [-0.4, -0.2) is 40.2 Å². The average Bonchev–Trinajstić information content (AvgIpc) is 2.30. The van der Waals surface area contributed by atoms with Gasteiger partial charge in [-0.3, -0.25) is 0 Å². The molecule has 0 aliphatic rings. The van der Waals surface area contributed by atoms with Crippen LogP contribution in [0.25, 0.3) is 10.4 Å². The van der Waals surface area contributed by atoms with Crippen molar-refractivity contribution in [3.8, 4) is 0 Å². The SMILES string of the molecule is CCCCCC[C@@H](O)[C@@H](O)[C@@H](CO)N=[N+]=[N-]. The van der Waals surface area contributed by atoms with Gasteiger partial charge in [-0.15, -0.1) is 0 Å². The fourth-order valence-corrected chi connectivity index (χ4v) is 1.49. The van der Waals surface area contributed by atoms with Crippen molar-refractivity contribution < 1.29 is 15.3 Å². The van der Waals surface area contributed by atoms with Crippen molar-refractivity contribution in [3.63, 3.8) is 0 Å². The topological polar surface area (TPSA) is 109 Å². The maximum absolute atomic E-state index is 9.60. The minimum atomic E-state index is -1.19. The molecule has 0 spiro atoms. The molecule has 0 aliphatic carbocycles. The highest BCUT2D eigenvalue weighted by Crippen LogP contribution is 2.12. The molecule has 3 N–H and O–H groups in total. The van der Waals surface area contributed by atoms with Crippen molar-refractivity contribution in [2.24, 2.45) is 5.11 Å². The standard InChI is InChI=1S/C10H21N3O3/c1-2-3-4-5-6-9(15)10(16)8(7-14)12-13-11/h8-10,14-16H,2-7H2,1H3/t8-,9-,10+/m1/s1. The van der Waals surface area contributed by atoms with E-state index < -0.39 is 24.9 Å². The largest absolute Gasteiger partial charge is 0.396 e. The van der Waals surface area contributed by atoms with Crippen LogP contribution in [-0.2, 0) is 0 Å². The normalized spacial score (nSPS) is 16.2. The number of hydrogen-bond donors (Lipinski definition) is 3. The molecule has 0 unspecified atom stereocenters. The van der Waals surface area contributed by atoms with Gasteiger partial charge >= 0.3 is 0 Å². The smallest absolute Gasteiger partial charge is 0.0905 e. The van der Waals surface area contributed by atoms with E-state index in [1.807, 2.05) is 0 Å². The van der Waals surface area contributed by atoms with Crippen molar-refractivity contribution >= 4 is 0 Å². The third kappa shape index (κ3) is 5.92. The van der Waals surface area contributed by atoms with Crippen LogP contribution in [0.2, 0.25) is 0 Å². The molecule has 0 heterocycles. The first-order valence-corrected chi connectivity index (χ1v) is 5.68. The Labute approximate surface area is 95.5 Å². The molecule has 0 aromatic rings. The number of unbranched alkanes of at least 4 members (excludes halogenated alkanes) is 3. The second-order valence-corrected chi connectivity index (χ2v) is 3.86. The monoisotopic (exact) mass is 231 g/mol. The van der Waals surface area contributed by atoms with Crippen LogP contribution in [0.15, 0.2) is 5.11 Å². The second kappa shape index (κ2) is 9.42. The minimum absolute atomic E-state index is 0.457. The Hall–Kier alpha value is -0.810. The number of rotatable bonds is 9. The van der Waals surface area contributed by atoms with Crippen molar-refractivity contribution in [1.82, 2.24) is 0 Å². The van der Waals surface area contributed by atoms with E-state index in [2.05, 4.69) is 16.9 Å². The van der Waals surface area contributed by atoms with Gasteiger partial charge in [0.15, 0.2) is 0 Å². The van der Waals surface area contributed by atoms with E-state index >= 15 is 0 Å². The summed E-state index contributed by atoms with van der Waals surface area (Å²) in [6.45, 7) is 1.63. The number of azide groups is 1. The molecule has 0 radical (unpaired) electrons. The van der Waals surface area contributed by atoms with Gasteiger partial charge in [-0.05, 0) is 12.0 Å². The molecule has 0 aromatic heterocycles. The summed E-state index contributed by atoms with van der Waals surface area (Å²) in [4.78, 5) is 2.51. The molecular weight excluding hydrogens is 210 g/mol. The Balaban J connectivity index is 3.95. The van der Waals surface area contributed by atoms with E-state index in [4.69, 9.17) is 10.6 Å². The predicted octanol–water partition coefficient (Wildman–Crippen LogP) is 1.35. The van der Waals surface area contributed by atoms with Gasteiger partial charge in [-0.2, -0.15) is 0 Å². The van der Waals surface area contributed by atoms with E-state index in [1.165, 1.54) is 0 Å². The zero-order chi connectivity index (χ0) is 12.4. The lowest BCUT2D eigenvalue weighted by Crippen LogP contribution is -2.38. The fourth-order valence-electron chi connectivity index (χ4n) is 1.49. The molecule has 0 fully saturated rings. The Kier molecular flexibility index (Phi) is 8.94. The zero-order valence-electron chi connectivity index (χ0n) is 9.66. The lowest BCUT2D eigenvalue weighted by atomic mass is 10.0. The number of nitrogens with zero attached hydrogens (tertiary/aromatic N) is 3. The maximum Gasteiger partial charge on any atom is 0.0905 e. The summed E-state index contributed by atoms with van der Waals surface area (Å²) < 4.78 is 0. The summed E-state index contributed by atoms with van der Waals surface area (Å²) in [6, 6.07) is -0.967. The number of aliphatic hydroxyl groups is 3. The van der Waals surface area contributed by atoms with Crippen LogP contribution in [0.1, 0.15) is 39.0 Å². The van der Waals surface area contributed by atoms with Gasteiger partial charge in [0, 0.05) is 4.91 Å². The molecule has 6 heteroatoms. The van der Waals surface area contributed by atoms with Gasteiger partial charge in [0.2, 0.25) is 0 Å². The van der Waals surface area contributed by atoms with Gasteiger partial charge in [-0.25, -0.2) is 0 Å². The number of hydrogen-bond acceptors (Lipinski definition) is 4. The Bertz CT molecular complexity index is 219. The van der Waals surface area contributed by atoms with Gasteiger partial charge < -0.3 is 15.3 Å². The molecule has 94 valence electrons. The van der Waals surface area contributed by atoms with E-state index in [0.717, 1.165) is 25.7 Å². The van der Waals surface area contributed by atoms with Crippen LogP contribution in [0.3, 0.4) is 0 Å². The van der Waals surface area contributed by atoms with Crippen molar-refractivity contribution in [2.45, 2.75) is 57.3 Å². The quantitative estimate of drug-likeness (QED) is 0.241. The van der Waals surface area contributed by atoms with Crippen LogP contribution in [0.4, 0.5) is 0 Å². The highest BCUT2D eigenvalue weighted by Gasteiger charge is 2.24. The molecule has 0 aliphatic heterocycles. The molecule has 0 rings (SSSR count). The summed E-state index contributed by atoms with van der Waals surface area (Å²) in [5.41, 5.74) is 8.20. The summed E-state index contributed by atoms with van der Waals surface area (Å²) >= 11 is 0. The Morgan fingerprint density at radius 3 is 2.44 bits per heavy atom. The van der Waals surface area contributed by atoms with E-state index in [9.17, 15) is 10.2 Å². The molecule has 16 heavy (non-hydrogen) atoms. The zero-order valence-corrected chi connectivity index (χ0v) is 9.66. The molecule has 0 aromatic carbocycles. The summed E-state index contributed by atoms with van der Waals surface area (Å²) in [5.74, 6) is 0. The molecular formula is C10H21N3O3. The molecule has 0 amide bonds. The molecule has 0 saturated carbocycles. The van der Waals surface area contributed by atoms with E-state index in [0.29, 0.717) is 6.42 Å². The maximum atomic E-state index is 9.60. The van der Waals surface area contributed by atoms with Crippen molar-refractivity contribution in [1.29, 1.82) is 0 Å². The van der Waals surface area contributed by atoms with Gasteiger partial charge in [0.05, 0.1) is 24.9 Å². The van der Waals surface area contributed by atoms with Crippen molar-refractivity contribution in [2.75, 3.05) is 6.61 Å². The van der Waals surface area contributed by atoms with Gasteiger partial charge in [-0.1, -0.05) is 37.7 Å². The van der Waals surface area contributed by atoms with Crippen LogP contribution in [0, 0.1) is 0 Å². The lowest BCUT2D eigenvalue weighted by molar-refractivity contribution is -0.0120. The average molecular weight is 231 g/mol. The first kappa shape index (κ1) is 15.2. The molecule has 0 bridgehead atoms. The first-order valence-electron chi connectivity index (χ1n) is 5.68. The Morgan fingerprint density at radius 2 is 1.94 bits per heavy atom. The van der Waals surface area contributed by atoms with Gasteiger partial charge in [0.25, 0.3) is 0 Å². The Morgan fingerprint density at radius 1 is 1.25 bits per heavy atom. The molecule has 6 nitrogen and oxygen atoms in total. The highest BCUT2D eigenvalue weighted by atomic mass is 16.3. The summed E-state index contributed by atoms with van der Waals surface area (Å²) in [5, 5.41) is 31.3. The summed E-state index contributed by atoms with van der Waals surface area (Å²) in [6.07, 6.45) is 2.35. The van der Waals surface area contributed by atoms with E-state index in [1.54, 1.807) is 0 Å². The highest BCUT2D eigenvalue weighted by molar-refractivity contribution is 4.81. The minimum Gasteiger partial charge on any atom is -0.396 e. The van der Waals surface area contributed by atoms with Gasteiger partial charge in [0.1, 0.15) is 0 Å². The number of aliphatic hydroxyl groups excluding tert-OH is 3. The third-order valence-corrected chi connectivity index (χ3v) is 2.53. The van der Waals surface area contributed by atoms with E-state index in [-0.39, 0.29) is 0 Å². The molecule has 3 atom stereocenters. The second-order valence-electron chi connectivity index (χ2n) is 3.86. The van der Waals surface area contributed by atoms with Crippen molar-refractivity contribution in [3.05, 3.63) is 10.4 Å². The predicted molar refractivity (Wildman–Crippen MR) is 60.8 cm³/mol. The van der Waals surface area contributed by atoms with Crippen LogP contribution < -0.4 is 0 Å². The lowest BCUT2D eigenvalue weighted by Gasteiger charge is -2.21. The summed E-state index contributed by atoms with van der Waals surface area (Å²) in [7, 11) is 0. The third-order valence-electron chi connectivity index (χ3n) is 2.53. The fraction of sp³-hybridized carbons (Fsp3) is 1.00. The van der Waals surface area contributed by atoms with Crippen LogP contribution >= 0.6 is 0 Å². The first-order chi connectivity index (χ1) is 7.67. The van der Waals surface area contributed by atoms with Crippen LogP contribution in [0.5, 0.6) is 0 Å². The molecule has 0 saturated heterocycles.